The Morgan fingerprint density at radius 1 is 1.29 bits per heavy atom. The normalized spacial score (nSPS) is 20.3. The van der Waals surface area contributed by atoms with Crippen LogP contribution in [0.2, 0.25) is 0 Å². The Bertz CT molecular complexity index is 639. The molecule has 24 heavy (non-hydrogen) atoms. The second-order valence-corrected chi connectivity index (χ2v) is 5.56. The maximum absolute atomic E-state index is 12.2. The molecule has 0 aromatic carbocycles. The minimum atomic E-state index is -0.242. The molecule has 0 aliphatic carbocycles. The fourth-order valence-corrected chi connectivity index (χ4v) is 2.54. The molecule has 1 aliphatic rings. The van der Waals surface area contributed by atoms with Crippen LogP contribution < -0.4 is 10.1 Å². The van der Waals surface area contributed by atoms with Gasteiger partial charge in [0.25, 0.3) is 0 Å². The zero-order chi connectivity index (χ0) is 16.6. The summed E-state index contributed by atoms with van der Waals surface area (Å²) in [6, 6.07) is 5.40. The van der Waals surface area contributed by atoms with Crippen molar-refractivity contribution in [3.63, 3.8) is 0 Å². The Labute approximate surface area is 140 Å². The Morgan fingerprint density at radius 2 is 2.25 bits per heavy atom. The van der Waals surface area contributed by atoms with Crippen LogP contribution in [0.3, 0.4) is 0 Å². The third kappa shape index (κ3) is 4.73. The molecule has 7 nitrogen and oxygen atoms in total. The van der Waals surface area contributed by atoms with E-state index in [9.17, 15) is 4.79 Å². The molecule has 1 aliphatic heterocycles. The molecule has 2 atom stereocenters. The summed E-state index contributed by atoms with van der Waals surface area (Å²) in [5, 5.41) is 3.04. The van der Waals surface area contributed by atoms with Crippen molar-refractivity contribution in [1.82, 2.24) is 20.3 Å². The van der Waals surface area contributed by atoms with Crippen LogP contribution in [0.25, 0.3) is 0 Å². The van der Waals surface area contributed by atoms with Crippen LogP contribution in [-0.4, -0.2) is 46.2 Å². The summed E-state index contributed by atoms with van der Waals surface area (Å²) in [6.07, 6.45) is 8.00. The average Bonchev–Trinajstić information content (AvgIpc) is 2.63. The molecule has 2 aromatic rings. The third-order valence-electron chi connectivity index (χ3n) is 3.79. The number of amides is 1. The molecule has 0 unspecified atom stereocenters. The van der Waals surface area contributed by atoms with Crippen molar-refractivity contribution in [3.05, 3.63) is 48.7 Å². The van der Waals surface area contributed by atoms with Crippen molar-refractivity contribution in [1.29, 1.82) is 0 Å². The van der Waals surface area contributed by atoms with Gasteiger partial charge in [-0.05, 0) is 18.9 Å². The predicted octanol–water partition coefficient (Wildman–Crippen LogP) is 1.16. The molecule has 2 aromatic heterocycles. The van der Waals surface area contributed by atoms with Gasteiger partial charge in [0.1, 0.15) is 6.10 Å². The Morgan fingerprint density at radius 3 is 3.04 bits per heavy atom. The van der Waals surface area contributed by atoms with Crippen molar-refractivity contribution >= 4 is 5.91 Å². The number of carbonyl (C=O) groups is 1. The number of aryl methyl sites for hydroxylation is 1. The van der Waals surface area contributed by atoms with E-state index < -0.39 is 0 Å². The van der Waals surface area contributed by atoms with Gasteiger partial charge in [0, 0.05) is 43.9 Å². The van der Waals surface area contributed by atoms with Gasteiger partial charge in [0.15, 0.2) is 0 Å². The summed E-state index contributed by atoms with van der Waals surface area (Å²) in [4.78, 5) is 24.5. The lowest BCUT2D eigenvalue weighted by atomic mass is 10.1. The number of nitrogens with zero attached hydrogens (tertiary/aromatic N) is 3. The van der Waals surface area contributed by atoms with Gasteiger partial charge < -0.3 is 14.8 Å². The summed E-state index contributed by atoms with van der Waals surface area (Å²) >= 11 is 0. The first-order chi connectivity index (χ1) is 11.8. The third-order valence-corrected chi connectivity index (χ3v) is 3.79. The molecule has 1 fully saturated rings. The van der Waals surface area contributed by atoms with Gasteiger partial charge >= 0.3 is 0 Å². The number of hydrogen-bond acceptors (Lipinski definition) is 6. The van der Waals surface area contributed by atoms with Crippen molar-refractivity contribution in [2.45, 2.75) is 31.4 Å². The first-order valence-electron chi connectivity index (χ1n) is 8.01. The fourth-order valence-electron chi connectivity index (χ4n) is 2.54. The van der Waals surface area contributed by atoms with Crippen molar-refractivity contribution in [3.8, 4) is 5.88 Å². The van der Waals surface area contributed by atoms with E-state index in [0.29, 0.717) is 38.4 Å². The van der Waals surface area contributed by atoms with E-state index in [1.165, 1.54) is 0 Å². The molecule has 3 rings (SSSR count). The molecule has 0 saturated carbocycles. The van der Waals surface area contributed by atoms with E-state index in [2.05, 4.69) is 20.3 Å². The number of ether oxygens (including phenoxy) is 2. The predicted molar refractivity (Wildman–Crippen MR) is 86.4 cm³/mol. The summed E-state index contributed by atoms with van der Waals surface area (Å²) in [7, 11) is 0. The van der Waals surface area contributed by atoms with E-state index in [0.717, 1.165) is 5.69 Å². The molecule has 1 N–H and O–H groups in total. The SMILES string of the molecule is O=C(CCc1cnccn1)N[C@@H]1CCOC[C@H]1Oc1ccccn1. The molecule has 0 bridgehead atoms. The lowest BCUT2D eigenvalue weighted by Crippen LogP contribution is -2.51. The quantitative estimate of drug-likeness (QED) is 0.856. The van der Waals surface area contributed by atoms with E-state index in [1.807, 2.05) is 12.1 Å². The summed E-state index contributed by atoms with van der Waals surface area (Å²) in [5.41, 5.74) is 0.806. The first-order valence-corrected chi connectivity index (χ1v) is 8.01. The van der Waals surface area contributed by atoms with Crippen LogP contribution in [0.15, 0.2) is 43.0 Å². The standard InChI is InChI=1S/C17H20N4O3/c22-16(5-4-13-11-18-8-9-19-13)21-14-6-10-23-12-15(14)24-17-3-1-2-7-20-17/h1-3,7-9,11,14-15H,4-6,10,12H2,(H,21,22)/t14-,15-/m1/s1. The zero-order valence-corrected chi connectivity index (χ0v) is 13.3. The molecule has 1 saturated heterocycles. The van der Waals surface area contributed by atoms with E-state index >= 15 is 0 Å². The fraction of sp³-hybridized carbons (Fsp3) is 0.412. The Hall–Kier alpha value is -2.54. The highest BCUT2D eigenvalue weighted by Crippen LogP contribution is 2.15. The van der Waals surface area contributed by atoms with Gasteiger partial charge in [-0.2, -0.15) is 0 Å². The van der Waals surface area contributed by atoms with Crippen LogP contribution in [0.5, 0.6) is 5.88 Å². The lowest BCUT2D eigenvalue weighted by molar-refractivity contribution is -0.124. The number of aromatic nitrogens is 3. The molecule has 3 heterocycles. The van der Waals surface area contributed by atoms with Gasteiger partial charge in [0.05, 0.1) is 18.3 Å². The summed E-state index contributed by atoms with van der Waals surface area (Å²) in [5.74, 6) is 0.508. The van der Waals surface area contributed by atoms with Crippen LogP contribution in [0, 0.1) is 0 Å². The zero-order valence-electron chi connectivity index (χ0n) is 13.3. The van der Waals surface area contributed by atoms with Gasteiger partial charge in [-0.15, -0.1) is 0 Å². The van der Waals surface area contributed by atoms with Crippen LogP contribution in [0.4, 0.5) is 0 Å². The van der Waals surface area contributed by atoms with Crippen molar-refractivity contribution in [2.24, 2.45) is 0 Å². The van der Waals surface area contributed by atoms with Crippen LogP contribution in [0.1, 0.15) is 18.5 Å². The second-order valence-electron chi connectivity index (χ2n) is 5.56. The number of nitrogens with one attached hydrogen (secondary N) is 1. The maximum atomic E-state index is 12.2. The topological polar surface area (TPSA) is 86.2 Å². The number of carbonyl (C=O) groups excluding carboxylic acids is 1. The Balaban J connectivity index is 1.52. The van der Waals surface area contributed by atoms with E-state index in [-0.39, 0.29) is 18.1 Å². The highest BCUT2D eigenvalue weighted by Gasteiger charge is 2.29. The minimum Gasteiger partial charge on any atom is -0.470 e. The molecule has 0 radical (unpaired) electrons. The molecule has 7 heteroatoms. The number of pyridine rings is 1. The van der Waals surface area contributed by atoms with Crippen LogP contribution in [-0.2, 0) is 16.0 Å². The largest absolute Gasteiger partial charge is 0.470 e. The van der Waals surface area contributed by atoms with Crippen molar-refractivity contribution in [2.75, 3.05) is 13.2 Å². The minimum absolute atomic E-state index is 0.0258. The monoisotopic (exact) mass is 328 g/mol. The van der Waals surface area contributed by atoms with Crippen molar-refractivity contribution < 1.29 is 14.3 Å². The van der Waals surface area contributed by atoms with Gasteiger partial charge in [-0.25, -0.2) is 4.98 Å². The van der Waals surface area contributed by atoms with E-state index in [1.54, 1.807) is 30.9 Å². The second kappa shape index (κ2) is 8.35. The first kappa shape index (κ1) is 16.3. The highest BCUT2D eigenvalue weighted by molar-refractivity contribution is 5.76. The molecular weight excluding hydrogens is 308 g/mol. The van der Waals surface area contributed by atoms with Gasteiger partial charge in [-0.3, -0.25) is 14.8 Å². The summed E-state index contributed by atoms with van der Waals surface area (Å²) < 4.78 is 11.3. The van der Waals surface area contributed by atoms with Gasteiger partial charge in [0.2, 0.25) is 11.8 Å². The number of hydrogen-bond donors (Lipinski definition) is 1. The molecular formula is C17H20N4O3. The van der Waals surface area contributed by atoms with Crippen LogP contribution >= 0.6 is 0 Å². The molecule has 1 amide bonds. The number of rotatable bonds is 6. The average molecular weight is 328 g/mol. The molecule has 126 valence electrons. The summed E-state index contributed by atoms with van der Waals surface area (Å²) in [6.45, 7) is 1.04. The van der Waals surface area contributed by atoms with E-state index in [4.69, 9.17) is 9.47 Å². The highest BCUT2D eigenvalue weighted by atomic mass is 16.5. The molecule has 0 spiro atoms. The lowest BCUT2D eigenvalue weighted by Gasteiger charge is -2.32. The Kier molecular flexibility index (Phi) is 5.68. The smallest absolute Gasteiger partial charge is 0.220 e. The maximum Gasteiger partial charge on any atom is 0.220 e. The van der Waals surface area contributed by atoms with Gasteiger partial charge in [-0.1, -0.05) is 6.07 Å².